The third-order valence-electron chi connectivity index (χ3n) is 2.81. The number of carbonyl (C=O) groups is 1. The number of alkyl halides is 2. The van der Waals surface area contributed by atoms with Gasteiger partial charge in [-0.05, 0) is 31.5 Å². The number of aryl methyl sites for hydroxylation is 1. The van der Waals surface area contributed by atoms with Gasteiger partial charge in [0.2, 0.25) is 10.0 Å². The highest BCUT2D eigenvalue weighted by Gasteiger charge is 2.41. The maximum Gasteiger partial charge on any atom is 0.305 e. The normalized spacial score (nSPS) is 15.0. The second kappa shape index (κ2) is 6.02. The van der Waals surface area contributed by atoms with Crippen LogP contribution in [0.4, 0.5) is 13.2 Å². The standard InChI is InChI=1S/C12H14F3NO4S/c1-7-3-4-8(13)5-9(7)21(19,20)16-12(2,11(14)15)6-10(17)18/h3-5,11,16H,6H2,1-2H3,(H,17,18). The number of carboxylic acid groups (broad SMARTS) is 1. The van der Waals surface area contributed by atoms with E-state index in [2.05, 4.69) is 0 Å². The van der Waals surface area contributed by atoms with Gasteiger partial charge in [-0.2, -0.15) is 4.72 Å². The lowest BCUT2D eigenvalue weighted by molar-refractivity contribution is -0.140. The van der Waals surface area contributed by atoms with Gasteiger partial charge < -0.3 is 5.11 Å². The van der Waals surface area contributed by atoms with Crippen LogP contribution in [0.1, 0.15) is 18.9 Å². The number of hydrogen-bond donors (Lipinski definition) is 2. The minimum Gasteiger partial charge on any atom is -0.481 e. The average Bonchev–Trinajstić information content (AvgIpc) is 2.30. The van der Waals surface area contributed by atoms with Gasteiger partial charge in [0.1, 0.15) is 11.4 Å². The summed E-state index contributed by atoms with van der Waals surface area (Å²) in [6.07, 6.45) is -4.37. The molecular weight excluding hydrogens is 311 g/mol. The highest BCUT2D eigenvalue weighted by Crippen LogP contribution is 2.24. The van der Waals surface area contributed by atoms with Crippen molar-refractivity contribution in [3.8, 4) is 0 Å². The van der Waals surface area contributed by atoms with Crippen molar-refractivity contribution in [1.29, 1.82) is 0 Å². The maximum absolute atomic E-state index is 13.1. The Morgan fingerprint density at radius 1 is 1.43 bits per heavy atom. The van der Waals surface area contributed by atoms with Gasteiger partial charge in [-0.3, -0.25) is 4.79 Å². The molecule has 5 nitrogen and oxygen atoms in total. The molecule has 0 saturated carbocycles. The van der Waals surface area contributed by atoms with Crippen LogP contribution in [0.25, 0.3) is 0 Å². The first-order chi connectivity index (χ1) is 9.48. The van der Waals surface area contributed by atoms with Crippen LogP contribution in [0.15, 0.2) is 23.1 Å². The first kappa shape index (κ1) is 17.4. The molecule has 0 amide bonds. The molecule has 2 N–H and O–H groups in total. The summed E-state index contributed by atoms with van der Waals surface area (Å²) >= 11 is 0. The fourth-order valence-electron chi connectivity index (χ4n) is 1.70. The summed E-state index contributed by atoms with van der Waals surface area (Å²) in [7, 11) is -4.50. The van der Waals surface area contributed by atoms with Crippen molar-refractivity contribution in [2.75, 3.05) is 0 Å². The number of nitrogens with one attached hydrogen (secondary N) is 1. The zero-order valence-corrected chi connectivity index (χ0v) is 12.0. The second-order valence-electron chi connectivity index (χ2n) is 4.80. The van der Waals surface area contributed by atoms with Crippen molar-refractivity contribution < 1.29 is 31.5 Å². The largest absolute Gasteiger partial charge is 0.481 e. The van der Waals surface area contributed by atoms with Crippen LogP contribution in [-0.4, -0.2) is 31.5 Å². The fourth-order valence-corrected chi connectivity index (χ4v) is 3.34. The summed E-state index contributed by atoms with van der Waals surface area (Å²) in [5.41, 5.74) is -2.35. The van der Waals surface area contributed by atoms with E-state index in [1.54, 1.807) is 4.72 Å². The molecule has 0 aromatic heterocycles. The fraction of sp³-hybridized carbons (Fsp3) is 0.417. The molecular formula is C12H14F3NO4S. The van der Waals surface area contributed by atoms with Crippen molar-refractivity contribution in [1.82, 2.24) is 4.72 Å². The molecule has 1 rings (SSSR count). The number of rotatable bonds is 6. The van der Waals surface area contributed by atoms with Gasteiger partial charge in [-0.15, -0.1) is 0 Å². The van der Waals surface area contributed by atoms with E-state index in [1.807, 2.05) is 0 Å². The summed E-state index contributed by atoms with van der Waals surface area (Å²) in [5.74, 6) is -2.44. The van der Waals surface area contributed by atoms with Gasteiger partial charge in [0.05, 0.1) is 11.3 Å². The molecule has 1 aromatic carbocycles. The van der Waals surface area contributed by atoms with E-state index in [0.717, 1.165) is 13.0 Å². The molecule has 0 bridgehead atoms. The highest BCUT2D eigenvalue weighted by molar-refractivity contribution is 7.89. The predicted molar refractivity (Wildman–Crippen MR) is 68.1 cm³/mol. The van der Waals surface area contributed by atoms with Gasteiger partial charge in [0.25, 0.3) is 6.43 Å². The first-order valence-corrected chi connectivity index (χ1v) is 7.26. The molecule has 118 valence electrons. The minimum absolute atomic E-state index is 0.149. The Morgan fingerprint density at radius 3 is 2.48 bits per heavy atom. The van der Waals surface area contributed by atoms with Gasteiger partial charge >= 0.3 is 5.97 Å². The first-order valence-electron chi connectivity index (χ1n) is 5.78. The summed E-state index contributed by atoms with van der Waals surface area (Å²) in [6.45, 7) is 2.14. The number of aliphatic carboxylic acids is 1. The van der Waals surface area contributed by atoms with E-state index < -0.39 is 45.1 Å². The summed E-state index contributed by atoms with van der Waals surface area (Å²) in [6, 6.07) is 2.89. The van der Waals surface area contributed by atoms with Crippen molar-refractivity contribution in [3.63, 3.8) is 0 Å². The quantitative estimate of drug-likeness (QED) is 0.837. The number of carboxylic acids is 1. The van der Waals surface area contributed by atoms with Gasteiger partial charge in [-0.25, -0.2) is 21.6 Å². The number of hydrogen-bond acceptors (Lipinski definition) is 3. The van der Waals surface area contributed by atoms with Gasteiger partial charge in [-0.1, -0.05) is 6.07 Å². The second-order valence-corrected chi connectivity index (χ2v) is 6.45. The summed E-state index contributed by atoms with van der Waals surface area (Å²) < 4.78 is 65.0. The SMILES string of the molecule is Cc1ccc(F)cc1S(=O)(=O)NC(C)(CC(=O)O)C(F)F. The Bertz CT molecular complexity index is 648. The van der Waals surface area contributed by atoms with Crippen LogP contribution >= 0.6 is 0 Å². The van der Waals surface area contributed by atoms with Crippen molar-refractivity contribution >= 4 is 16.0 Å². The maximum atomic E-state index is 13.1. The Hall–Kier alpha value is -1.61. The highest BCUT2D eigenvalue weighted by atomic mass is 32.2. The summed E-state index contributed by atoms with van der Waals surface area (Å²) in [5, 5.41) is 8.64. The number of sulfonamides is 1. The third kappa shape index (κ3) is 4.18. The Balaban J connectivity index is 3.24. The van der Waals surface area contributed by atoms with E-state index in [-0.39, 0.29) is 5.56 Å². The third-order valence-corrected chi connectivity index (χ3v) is 4.56. The van der Waals surface area contributed by atoms with Crippen molar-refractivity contribution in [2.24, 2.45) is 0 Å². The zero-order chi connectivity index (χ0) is 16.4. The molecule has 1 atom stereocenters. The van der Waals surface area contributed by atoms with Crippen LogP contribution in [-0.2, 0) is 14.8 Å². The molecule has 0 fully saturated rings. The van der Waals surface area contributed by atoms with Crippen LogP contribution in [0, 0.1) is 12.7 Å². The lowest BCUT2D eigenvalue weighted by Gasteiger charge is -2.28. The molecule has 0 radical (unpaired) electrons. The molecule has 0 aliphatic carbocycles. The lowest BCUT2D eigenvalue weighted by atomic mass is 10.0. The molecule has 1 aromatic rings. The van der Waals surface area contributed by atoms with E-state index in [9.17, 15) is 26.4 Å². The molecule has 0 aliphatic heterocycles. The zero-order valence-electron chi connectivity index (χ0n) is 11.2. The number of benzene rings is 1. The Labute approximate surface area is 119 Å². The van der Waals surface area contributed by atoms with Crippen molar-refractivity contribution in [3.05, 3.63) is 29.6 Å². The van der Waals surface area contributed by atoms with Crippen LogP contribution in [0.2, 0.25) is 0 Å². The molecule has 0 saturated heterocycles. The molecule has 0 aliphatic rings. The van der Waals surface area contributed by atoms with E-state index in [0.29, 0.717) is 6.07 Å². The van der Waals surface area contributed by atoms with E-state index in [4.69, 9.17) is 5.11 Å². The van der Waals surface area contributed by atoms with Crippen LogP contribution in [0.5, 0.6) is 0 Å². The van der Waals surface area contributed by atoms with E-state index in [1.165, 1.54) is 13.0 Å². The lowest BCUT2D eigenvalue weighted by Crippen LogP contribution is -2.52. The predicted octanol–water partition coefficient (Wildman–Crippen LogP) is 1.91. The van der Waals surface area contributed by atoms with E-state index >= 15 is 0 Å². The monoisotopic (exact) mass is 325 g/mol. The van der Waals surface area contributed by atoms with Crippen molar-refractivity contribution in [2.45, 2.75) is 37.1 Å². The van der Waals surface area contributed by atoms with Crippen LogP contribution in [0.3, 0.4) is 0 Å². The molecule has 0 heterocycles. The minimum atomic E-state index is -4.50. The smallest absolute Gasteiger partial charge is 0.305 e. The van der Waals surface area contributed by atoms with Gasteiger partial charge in [0.15, 0.2) is 0 Å². The molecule has 0 spiro atoms. The average molecular weight is 325 g/mol. The van der Waals surface area contributed by atoms with Crippen LogP contribution < -0.4 is 4.72 Å². The Morgan fingerprint density at radius 2 is 2.00 bits per heavy atom. The summed E-state index contributed by atoms with van der Waals surface area (Å²) in [4.78, 5) is 10.1. The molecule has 9 heteroatoms. The topological polar surface area (TPSA) is 83.5 Å². The molecule has 1 unspecified atom stereocenters. The molecule has 21 heavy (non-hydrogen) atoms. The number of halogens is 3. The Kier molecular flexibility index (Phi) is 5.00. The van der Waals surface area contributed by atoms with Gasteiger partial charge in [0, 0.05) is 0 Å².